The third kappa shape index (κ3) is 6.11. The average molecular weight is 284 g/mol. The van der Waals surface area contributed by atoms with Crippen LogP contribution in [-0.2, 0) is 0 Å². The number of nitrogens with zero attached hydrogens (tertiary/aromatic N) is 1. The van der Waals surface area contributed by atoms with Crippen LogP contribution in [0.15, 0.2) is 0 Å². The van der Waals surface area contributed by atoms with Gasteiger partial charge >= 0.3 is 0 Å². The second-order valence-corrected chi connectivity index (χ2v) is 7.20. The lowest BCUT2D eigenvalue weighted by Gasteiger charge is -2.27. The number of nitrogens with one attached hydrogen (secondary N) is 1. The molecule has 1 aliphatic rings. The van der Waals surface area contributed by atoms with Gasteiger partial charge in [-0.3, -0.25) is 0 Å². The first-order valence-electron chi connectivity index (χ1n) is 8.53. The highest BCUT2D eigenvalue weighted by atomic mass is 16.3. The lowest BCUT2D eigenvalue weighted by atomic mass is 9.89. The minimum absolute atomic E-state index is 0.0957. The van der Waals surface area contributed by atoms with E-state index in [0.29, 0.717) is 0 Å². The maximum absolute atomic E-state index is 9.38. The molecule has 1 heterocycles. The zero-order valence-corrected chi connectivity index (χ0v) is 14.1. The minimum Gasteiger partial charge on any atom is -0.394 e. The zero-order valence-electron chi connectivity index (χ0n) is 14.1. The predicted molar refractivity (Wildman–Crippen MR) is 87.0 cm³/mol. The van der Waals surface area contributed by atoms with E-state index in [2.05, 4.69) is 31.0 Å². The van der Waals surface area contributed by atoms with Crippen LogP contribution in [0, 0.1) is 11.8 Å². The van der Waals surface area contributed by atoms with Crippen LogP contribution in [0.2, 0.25) is 0 Å². The molecule has 2 atom stereocenters. The van der Waals surface area contributed by atoms with E-state index >= 15 is 0 Å². The molecule has 2 unspecified atom stereocenters. The maximum Gasteiger partial charge on any atom is 0.0610 e. The first kappa shape index (κ1) is 17.9. The van der Waals surface area contributed by atoms with E-state index in [-0.39, 0.29) is 12.1 Å². The van der Waals surface area contributed by atoms with Crippen molar-refractivity contribution in [2.45, 2.75) is 64.8 Å². The topological polar surface area (TPSA) is 35.5 Å². The Balaban J connectivity index is 2.19. The number of hydrogen-bond donors (Lipinski definition) is 2. The van der Waals surface area contributed by atoms with Crippen LogP contribution in [0.1, 0.15) is 59.3 Å². The van der Waals surface area contributed by atoms with Crippen molar-refractivity contribution in [3.63, 3.8) is 0 Å². The van der Waals surface area contributed by atoms with Crippen molar-refractivity contribution in [2.24, 2.45) is 11.8 Å². The van der Waals surface area contributed by atoms with Gasteiger partial charge in [0.15, 0.2) is 0 Å². The molecule has 0 aliphatic carbocycles. The summed E-state index contributed by atoms with van der Waals surface area (Å²) in [6.45, 7) is 10.9. The number of likely N-dealkylation sites (tertiary alicyclic amines) is 1. The third-order valence-corrected chi connectivity index (χ3v) is 5.21. The Bertz CT molecular complexity index is 251. The van der Waals surface area contributed by atoms with Crippen LogP contribution in [0.5, 0.6) is 0 Å². The van der Waals surface area contributed by atoms with Gasteiger partial charge in [-0.05, 0) is 77.5 Å². The fraction of sp³-hybridized carbons (Fsp3) is 1.00. The molecule has 120 valence electrons. The summed E-state index contributed by atoms with van der Waals surface area (Å²) in [4.78, 5) is 2.65. The Labute approximate surface area is 126 Å². The highest BCUT2D eigenvalue weighted by molar-refractivity contribution is 4.80. The third-order valence-electron chi connectivity index (χ3n) is 5.21. The monoisotopic (exact) mass is 284 g/mol. The van der Waals surface area contributed by atoms with Crippen molar-refractivity contribution in [3.8, 4) is 0 Å². The number of aliphatic hydroxyl groups is 1. The summed E-state index contributed by atoms with van der Waals surface area (Å²) in [5.74, 6) is 1.78. The molecule has 1 saturated heterocycles. The van der Waals surface area contributed by atoms with Crippen molar-refractivity contribution in [3.05, 3.63) is 0 Å². The molecule has 1 fully saturated rings. The van der Waals surface area contributed by atoms with Gasteiger partial charge < -0.3 is 15.3 Å². The van der Waals surface area contributed by atoms with E-state index in [1.807, 2.05) is 7.05 Å². The smallest absolute Gasteiger partial charge is 0.0610 e. The molecule has 3 heteroatoms. The lowest BCUT2D eigenvalue weighted by Crippen LogP contribution is -2.43. The first-order chi connectivity index (χ1) is 9.50. The van der Waals surface area contributed by atoms with E-state index in [9.17, 15) is 5.11 Å². The average Bonchev–Trinajstić information content (AvgIpc) is 2.69. The molecule has 0 amide bonds. The molecule has 2 N–H and O–H groups in total. The van der Waals surface area contributed by atoms with Crippen LogP contribution < -0.4 is 5.32 Å². The molecule has 1 rings (SSSR count). The molecule has 1 aliphatic heterocycles. The van der Waals surface area contributed by atoms with E-state index < -0.39 is 0 Å². The largest absolute Gasteiger partial charge is 0.394 e. The predicted octanol–water partition coefficient (Wildman–Crippen LogP) is 2.89. The molecule has 0 bridgehead atoms. The Morgan fingerprint density at radius 2 is 2.00 bits per heavy atom. The number of likely N-dealkylation sites (N-methyl/N-ethyl adjacent to an activating group) is 1. The second kappa shape index (κ2) is 9.01. The van der Waals surface area contributed by atoms with Crippen LogP contribution in [0.4, 0.5) is 0 Å². The van der Waals surface area contributed by atoms with Gasteiger partial charge in [-0.1, -0.05) is 20.3 Å². The summed E-state index contributed by atoms with van der Waals surface area (Å²) in [7, 11) is 1.94. The second-order valence-electron chi connectivity index (χ2n) is 7.20. The standard InChI is InChI=1S/C17H36N2O/c1-15(2)16-8-7-12-19(13-9-16)11-6-5-10-17(3,14-20)18-4/h15-16,18,20H,5-14H2,1-4H3. The van der Waals surface area contributed by atoms with Crippen LogP contribution in [0.3, 0.4) is 0 Å². The Hall–Kier alpha value is -0.120. The Morgan fingerprint density at radius 1 is 1.25 bits per heavy atom. The molecule has 0 saturated carbocycles. The number of rotatable bonds is 8. The first-order valence-corrected chi connectivity index (χ1v) is 8.53. The van der Waals surface area contributed by atoms with Gasteiger partial charge in [-0.2, -0.15) is 0 Å². The minimum atomic E-state index is -0.0957. The molecule has 0 aromatic carbocycles. The molecule has 0 spiro atoms. The molecule has 0 aromatic rings. The summed E-state index contributed by atoms with van der Waals surface area (Å²) in [5.41, 5.74) is -0.0957. The van der Waals surface area contributed by atoms with Gasteiger partial charge in [0.25, 0.3) is 0 Å². The van der Waals surface area contributed by atoms with Crippen molar-refractivity contribution in [1.29, 1.82) is 0 Å². The van der Waals surface area contributed by atoms with Crippen molar-refractivity contribution in [1.82, 2.24) is 10.2 Å². The number of unbranched alkanes of at least 4 members (excludes halogenated alkanes) is 1. The zero-order chi connectivity index (χ0) is 15.0. The van der Waals surface area contributed by atoms with Gasteiger partial charge in [-0.25, -0.2) is 0 Å². The molecule has 0 aromatic heterocycles. The maximum atomic E-state index is 9.38. The van der Waals surface area contributed by atoms with Gasteiger partial charge in [0.05, 0.1) is 6.61 Å². The fourth-order valence-corrected chi connectivity index (χ4v) is 3.21. The SMILES string of the molecule is CNC(C)(CO)CCCCN1CCCC(C(C)C)CC1. The lowest BCUT2D eigenvalue weighted by molar-refractivity contribution is 0.168. The number of hydrogen-bond acceptors (Lipinski definition) is 3. The highest BCUT2D eigenvalue weighted by Gasteiger charge is 2.21. The van der Waals surface area contributed by atoms with E-state index in [4.69, 9.17) is 0 Å². The van der Waals surface area contributed by atoms with Crippen molar-refractivity contribution >= 4 is 0 Å². The van der Waals surface area contributed by atoms with Crippen molar-refractivity contribution < 1.29 is 5.11 Å². The fourth-order valence-electron chi connectivity index (χ4n) is 3.21. The molecule has 0 radical (unpaired) electrons. The van der Waals surface area contributed by atoms with Gasteiger partial charge in [-0.15, -0.1) is 0 Å². The van der Waals surface area contributed by atoms with E-state index in [0.717, 1.165) is 18.3 Å². The molecule has 20 heavy (non-hydrogen) atoms. The number of aliphatic hydroxyl groups excluding tert-OH is 1. The summed E-state index contributed by atoms with van der Waals surface area (Å²) in [5, 5.41) is 12.6. The molecular weight excluding hydrogens is 248 g/mol. The molecule has 3 nitrogen and oxygen atoms in total. The van der Waals surface area contributed by atoms with Gasteiger partial charge in [0, 0.05) is 5.54 Å². The highest BCUT2D eigenvalue weighted by Crippen LogP contribution is 2.24. The normalized spacial score (nSPS) is 24.6. The van der Waals surface area contributed by atoms with Crippen LogP contribution in [-0.4, -0.2) is 48.8 Å². The Kier molecular flexibility index (Phi) is 8.08. The van der Waals surface area contributed by atoms with Crippen LogP contribution in [0.25, 0.3) is 0 Å². The van der Waals surface area contributed by atoms with Gasteiger partial charge in [0.1, 0.15) is 0 Å². The van der Waals surface area contributed by atoms with E-state index in [1.54, 1.807) is 0 Å². The Morgan fingerprint density at radius 3 is 2.60 bits per heavy atom. The van der Waals surface area contributed by atoms with Crippen molar-refractivity contribution in [2.75, 3.05) is 33.3 Å². The van der Waals surface area contributed by atoms with Gasteiger partial charge in [0.2, 0.25) is 0 Å². The molecular formula is C17H36N2O. The summed E-state index contributed by atoms with van der Waals surface area (Å²) >= 11 is 0. The summed E-state index contributed by atoms with van der Waals surface area (Å²) < 4.78 is 0. The van der Waals surface area contributed by atoms with Crippen LogP contribution >= 0.6 is 0 Å². The summed E-state index contributed by atoms with van der Waals surface area (Å²) in [6, 6.07) is 0. The quantitative estimate of drug-likeness (QED) is 0.673. The van der Waals surface area contributed by atoms with E-state index in [1.165, 1.54) is 51.7 Å². The summed E-state index contributed by atoms with van der Waals surface area (Å²) in [6.07, 6.45) is 7.67.